The molecule has 1 saturated heterocycles. The molecule has 1 aliphatic heterocycles. The smallest absolute Gasteiger partial charge is 0.263 e. The molecule has 8 heteroatoms. The number of hydrogen-bond donors (Lipinski definition) is 2. The van der Waals surface area contributed by atoms with Crippen molar-refractivity contribution in [2.75, 3.05) is 11.9 Å². The maximum absolute atomic E-state index is 11.5. The van der Waals surface area contributed by atoms with Crippen LogP contribution < -0.4 is 10.6 Å². The minimum absolute atomic E-state index is 0.0273. The van der Waals surface area contributed by atoms with E-state index >= 15 is 0 Å². The van der Waals surface area contributed by atoms with E-state index < -0.39 is 0 Å². The van der Waals surface area contributed by atoms with Crippen LogP contribution in [-0.2, 0) is 9.59 Å². The number of alkyl halides is 1. The predicted octanol–water partition coefficient (Wildman–Crippen LogP) is 3.95. The number of thioether (sulfide) groups is 1. The maximum Gasteiger partial charge on any atom is 0.263 e. The number of benzene rings is 1. The van der Waals surface area contributed by atoms with Crippen LogP contribution in [0.15, 0.2) is 51.8 Å². The molecule has 0 radical (unpaired) electrons. The van der Waals surface area contributed by atoms with E-state index in [1.165, 1.54) is 18.7 Å². The van der Waals surface area contributed by atoms with Gasteiger partial charge >= 0.3 is 0 Å². The van der Waals surface area contributed by atoms with Crippen LogP contribution in [0.3, 0.4) is 0 Å². The number of rotatable bonds is 4. The average Bonchev–Trinajstić information content (AvgIpc) is 3.21. The summed E-state index contributed by atoms with van der Waals surface area (Å²) >= 11 is 9.34. The fourth-order valence-electron chi connectivity index (χ4n) is 1.96. The van der Waals surface area contributed by atoms with Gasteiger partial charge in [-0.05, 0) is 12.1 Å². The molecule has 1 aromatic carbocycles. The fourth-order valence-corrected chi connectivity index (χ4v) is 3.18. The Balaban J connectivity index is 0.000000298. The summed E-state index contributed by atoms with van der Waals surface area (Å²) in [6, 6.07) is 13.5. The number of halogens is 1. The van der Waals surface area contributed by atoms with Crippen LogP contribution in [-0.4, -0.2) is 28.0 Å². The summed E-state index contributed by atoms with van der Waals surface area (Å²) in [4.78, 5) is 22.2. The largest absolute Gasteiger partial charge is 0.457 e. The van der Waals surface area contributed by atoms with Crippen LogP contribution in [0.5, 0.6) is 0 Å². The Bertz CT molecular complexity index is 819. The van der Waals surface area contributed by atoms with Gasteiger partial charge in [-0.3, -0.25) is 9.59 Å². The number of hydrogen-bond acceptors (Lipinski definition) is 5. The summed E-state index contributed by atoms with van der Waals surface area (Å²) in [6.45, 7) is 2.22. The van der Waals surface area contributed by atoms with Gasteiger partial charge < -0.3 is 15.1 Å². The van der Waals surface area contributed by atoms with Gasteiger partial charge in [0.2, 0.25) is 5.91 Å². The molecule has 0 spiro atoms. The van der Waals surface area contributed by atoms with Gasteiger partial charge in [-0.1, -0.05) is 70.2 Å². The highest BCUT2D eigenvalue weighted by atomic mass is 79.9. The third kappa shape index (κ3) is 6.44. The zero-order valence-electron chi connectivity index (χ0n) is 14.0. The van der Waals surface area contributed by atoms with E-state index in [2.05, 4.69) is 26.6 Å². The Labute approximate surface area is 169 Å². The molecule has 0 unspecified atom stereocenters. The van der Waals surface area contributed by atoms with Crippen LogP contribution in [0.4, 0.5) is 0 Å². The normalized spacial score (nSPS) is 14.6. The average molecular weight is 453 g/mol. The maximum atomic E-state index is 11.5. The number of nitrogens with one attached hydrogen (secondary N) is 2. The first kappa shape index (κ1) is 20.4. The Kier molecular flexibility index (Phi) is 8.08. The number of thiocarbonyl (C=S) groups is 1. The molecule has 2 N–H and O–H groups in total. The molecular formula is C18H17BrN2O3S2. The standard InChI is InChI=1S/C14H9NO2S2.C4H8BrNO/c16-13-12(19-14(18)15-13)8-10-6-7-11(17-10)9-4-2-1-3-5-9;1-4(7)6-3-2-5/h1-8H,(H,15,16,18);2-3H2,1H3,(H,6,7)/b12-8-;. The van der Waals surface area contributed by atoms with Gasteiger partial charge in [-0.25, -0.2) is 0 Å². The fraction of sp³-hybridized carbons (Fsp3) is 0.167. The molecule has 136 valence electrons. The summed E-state index contributed by atoms with van der Waals surface area (Å²) in [5.41, 5.74) is 1.01. The first-order valence-corrected chi connectivity index (χ1v) is 10.0. The van der Waals surface area contributed by atoms with E-state index in [0.717, 1.165) is 23.2 Å². The van der Waals surface area contributed by atoms with E-state index in [1.807, 2.05) is 42.5 Å². The van der Waals surface area contributed by atoms with Gasteiger partial charge in [0.15, 0.2) is 0 Å². The first-order valence-electron chi connectivity index (χ1n) is 7.70. The molecule has 1 aliphatic rings. The van der Waals surface area contributed by atoms with Gasteiger partial charge in [0, 0.05) is 30.4 Å². The molecule has 2 amide bonds. The topological polar surface area (TPSA) is 71.3 Å². The molecule has 3 rings (SSSR count). The third-order valence-electron chi connectivity index (χ3n) is 3.07. The van der Waals surface area contributed by atoms with Crippen LogP contribution in [0.2, 0.25) is 0 Å². The lowest BCUT2D eigenvalue weighted by molar-refractivity contribution is -0.119. The molecule has 0 saturated carbocycles. The van der Waals surface area contributed by atoms with E-state index in [0.29, 0.717) is 15.0 Å². The first-order chi connectivity index (χ1) is 12.5. The molecule has 5 nitrogen and oxygen atoms in total. The number of carbonyl (C=O) groups excluding carboxylic acids is 2. The van der Waals surface area contributed by atoms with Gasteiger partial charge in [0.05, 0.1) is 4.91 Å². The van der Waals surface area contributed by atoms with Crippen molar-refractivity contribution in [3.63, 3.8) is 0 Å². The van der Waals surface area contributed by atoms with Crippen molar-refractivity contribution < 1.29 is 14.0 Å². The van der Waals surface area contributed by atoms with Crippen molar-refractivity contribution in [3.05, 3.63) is 53.1 Å². The summed E-state index contributed by atoms with van der Waals surface area (Å²) in [5, 5.41) is 6.01. The van der Waals surface area contributed by atoms with Crippen LogP contribution in [0, 0.1) is 0 Å². The molecule has 26 heavy (non-hydrogen) atoms. The van der Waals surface area contributed by atoms with Gasteiger partial charge in [0.1, 0.15) is 15.8 Å². The molecule has 2 heterocycles. The Hall–Kier alpha value is -1.90. The van der Waals surface area contributed by atoms with Gasteiger partial charge in [-0.15, -0.1) is 0 Å². The highest BCUT2D eigenvalue weighted by Gasteiger charge is 2.22. The molecule has 1 aromatic heterocycles. The third-order valence-corrected chi connectivity index (χ3v) is 4.63. The van der Waals surface area contributed by atoms with Gasteiger partial charge in [-0.2, -0.15) is 0 Å². The van der Waals surface area contributed by atoms with Crippen molar-refractivity contribution in [1.82, 2.24) is 10.6 Å². The lowest BCUT2D eigenvalue weighted by atomic mass is 10.2. The molecular weight excluding hydrogens is 436 g/mol. The lowest BCUT2D eigenvalue weighted by Crippen LogP contribution is -2.21. The summed E-state index contributed by atoms with van der Waals surface area (Å²) in [5.74, 6) is 1.27. The Morgan fingerprint density at radius 2 is 2.04 bits per heavy atom. The summed E-state index contributed by atoms with van der Waals surface area (Å²) < 4.78 is 6.18. The van der Waals surface area contributed by atoms with Gasteiger partial charge in [0.25, 0.3) is 5.91 Å². The second kappa shape index (κ2) is 10.3. The minimum Gasteiger partial charge on any atom is -0.457 e. The van der Waals surface area contributed by atoms with E-state index in [4.69, 9.17) is 16.6 Å². The second-order valence-corrected chi connectivity index (χ2v) is 7.60. The zero-order valence-corrected chi connectivity index (χ0v) is 17.2. The monoisotopic (exact) mass is 452 g/mol. The zero-order chi connectivity index (χ0) is 18.9. The quantitative estimate of drug-likeness (QED) is 0.417. The van der Waals surface area contributed by atoms with E-state index in [9.17, 15) is 9.59 Å². The number of carbonyl (C=O) groups is 2. The minimum atomic E-state index is -0.173. The van der Waals surface area contributed by atoms with E-state index in [-0.39, 0.29) is 11.8 Å². The molecule has 1 fully saturated rings. The van der Waals surface area contributed by atoms with Crippen LogP contribution in [0.25, 0.3) is 17.4 Å². The SMILES string of the molecule is CC(=O)NCCBr.O=C1NC(=S)S/C1=C\c1ccc(-c2ccccc2)o1. The van der Waals surface area contributed by atoms with Crippen molar-refractivity contribution in [2.45, 2.75) is 6.92 Å². The van der Waals surface area contributed by atoms with Crippen molar-refractivity contribution in [2.24, 2.45) is 0 Å². The van der Waals surface area contributed by atoms with Crippen molar-refractivity contribution in [1.29, 1.82) is 0 Å². The molecule has 0 atom stereocenters. The second-order valence-electron chi connectivity index (χ2n) is 5.09. The summed E-state index contributed by atoms with van der Waals surface area (Å²) in [6.07, 6.45) is 1.70. The predicted molar refractivity (Wildman–Crippen MR) is 113 cm³/mol. The highest BCUT2D eigenvalue weighted by molar-refractivity contribution is 9.09. The number of amides is 2. The van der Waals surface area contributed by atoms with E-state index in [1.54, 1.807) is 6.08 Å². The lowest BCUT2D eigenvalue weighted by Gasteiger charge is -1.95. The Morgan fingerprint density at radius 1 is 1.31 bits per heavy atom. The molecule has 0 bridgehead atoms. The van der Waals surface area contributed by atoms with Crippen molar-refractivity contribution >= 4 is 62.1 Å². The number of furan rings is 1. The van der Waals surface area contributed by atoms with Crippen molar-refractivity contribution in [3.8, 4) is 11.3 Å². The van der Waals surface area contributed by atoms with Crippen LogP contribution in [0.1, 0.15) is 12.7 Å². The summed E-state index contributed by atoms with van der Waals surface area (Å²) in [7, 11) is 0. The molecule has 2 aromatic rings. The Morgan fingerprint density at radius 3 is 2.58 bits per heavy atom. The highest BCUT2D eigenvalue weighted by Crippen LogP contribution is 2.28. The molecule has 0 aliphatic carbocycles. The van der Waals surface area contributed by atoms with Crippen LogP contribution >= 0.6 is 39.9 Å².